The number of aliphatic hydroxyl groups is 1. The zero-order chi connectivity index (χ0) is 13.0. The average molecular weight is 256 g/mol. The molecule has 2 heterocycles. The lowest BCUT2D eigenvalue weighted by Gasteiger charge is -2.34. The Morgan fingerprint density at radius 2 is 2.11 bits per heavy atom. The van der Waals surface area contributed by atoms with Gasteiger partial charge in [0.05, 0.1) is 25.4 Å². The fraction of sp³-hybridized carbons (Fsp3) is 0.923. The van der Waals surface area contributed by atoms with Crippen LogP contribution in [0.4, 0.5) is 0 Å². The number of rotatable bonds is 4. The molecule has 5 heteroatoms. The van der Waals surface area contributed by atoms with E-state index in [4.69, 9.17) is 9.84 Å². The van der Waals surface area contributed by atoms with Crippen LogP contribution in [0.1, 0.15) is 26.2 Å². The van der Waals surface area contributed by atoms with E-state index in [9.17, 15) is 4.79 Å². The highest BCUT2D eigenvalue weighted by molar-refractivity contribution is 5.82. The fourth-order valence-electron chi connectivity index (χ4n) is 2.82. The van der Waals surface area contributed by atoms with Crippen LogP contribution in [-0.4, -0.2) is 60.9 Å². The van der Waals surface area contributed by atoms with Gasteiger partial charge in [-0.1, -0.05) is 6.92 Å². The molecule has 2 saturated heterocycles. The Bertz CT molecular complexity index is 277. The summed E-state index contributed by atoms with van der Waals surface area (Å²) in [7, 11) is 0. The van der Waals surface area contributed by atoms with Crippen LogP contribution in [0.3, 0.4) is 0 Å². The Hall–Kier alpha value is -0.650. The van der Waals surface area contributed by atoms with E-state index in [0.29, 0.717) is 12.5 Å². The van der Waals surface area contributed by atoms with Crippen molar-refractivity contribution in [1.82, 2.24) is 10.2 Å². The Labute approximate surface area is 108 Å². The molecule has 104 valence electrons. The minimum Gasteiger partial charge on any atom is -0.394 e. The maximum Gasteiger partial charge on any atom is 0.239 e. The van der Waals surface area contributed by atoms with Crippen molar-refractivity contribution in [3.05, 3.63) is 0 Å². The van der Waals surface area contributed by atoms with Crippen LogP contribution in [-0.2, 0) is 9.53 Å². The van der Waals surface area contributed by atoms with E-state index in [1.807, 2.05) is 4.90 Å². The lowest BCUT2D eigenvalue weighted by atomic mass is 10.0. The SMILES string of the molecule is CC1CCNC1C(=O)N1CCC(OCCO)CC1. The Morgan fingerprint density at radius 1 is 1.39 bits per heavy atom. The normalized spacial score (nSPS) is 29.8. The molecule has 0 saturated carbocycles. The highest BCUT2D eigenvalue weighted by atomic mass is 16.5. The predicted molar refractivity (Wildman–Crippen MR) is 68.2 cm³/mol. The Balaban J connectivity index is 1.77. The van der Waals surface area contributed by atoms with Crippen LogP contribution in [0.5, 0.6) is 0 Å². The lowest BCUT2D eigenvalue weighted by Crippen LogP contribution is -2.49. The van der Waals surface area contributed by atoms with Crippen LogP contribution in [0.15, 0.2) is 0 Å². The number of hydrogen-bond donors (Lipinski definition) is 2. The quantitative estimate of drug-likeness (QED) is 0.742. The number of nitrogens with one attached hydrogen (secondary N) is 1. The van der Waals surface area contributed by atoms with Crippen molar-refractivity contribution < 1.29 is 14.6 Å². The average Bonchev–Trinajstić information content (AvgIpc) is 2.82. The monoisotopic (exact) mass is 256 g/mol. The van der Waals surface area contributed by atoms with E-state index in [0.717, 1.165) is 38.9 Å². The van der Waals surface area contributed by atoms with Crippen molar-refractivity contribution in [1.29, 1.82) is 0 Å². The molecule has 2 aliphatic rings. The number of piperidine rings is 1. The summed E-state index contributed by atoms with van der Waals surface area (Å²) < 4.78 is 5.50. The van der Waals surface area contributed by atoms with E-state index in [1.54, 1.807) is 0 Å². The van der Waals surface area contributed by atoms with Gasteiger partial charge in [0.25, 0.3) is 0 Å². The number of aliphatic hydroxyl groups excluding tert-OH is 1. The molecule has 0 aromatic carbocycles. The third kappa shape index (κ3) is 3.22. The summed E-state index contributed by atoms with van der Waals surface area (Å²) in [6.45, 7) is 5.12. The highest BCUT2D eigenvalue weighted by Gasteiger charge is 2.34. The Morgan fingerprint density at radius 3 is 2.67 bits per heavy atom. The summed E-state index contributed by atoms with van der Waals surface area (Å²) >= 11 is 0. The summed E-state index contributed by atoms with van der Waals surface area (Å²) in [5, 5.41) is 12.0. The van der Waals surface area contributed by atoms with Gasteiger partial charge in [-0.25, -0.2) is 0 Å². The molecule has 2 aliphatic heterocycles. The molecule has 2 unspecified atom stereocenters. The maximum absolute atomic E-state index is 12.3. The second kappa shape index (κ2) is 6.50. The molecule has 2 fully saturated rings. The third-order valence-corrected chi connectivity index (χ3v) is 4.00. The van der Waals surface area contributed by atoms with Gasteiger partial charge in [-0.05, 0) is 31.7 Å². The second-order valence-electron chi connectivity index (χ2n) is 5.32. The van der Waals surface area contributed by atoms with Gasteiger partial charge in [-0.3, -0.25) is 4.79 Å². The van der Waals surface area contributed by atoms with Crippen molar-refractivity contribution in [2.24, 2.45) is 5.92 Å². The minimum atomic E-state index is 0.0138. The summed E-state index contributed by atoms with van der Waals surface area (Å²) in [6, 6.07) is 0.0138. The number of carbonyl (C=O) groups excluding carboxylic acids is 1. The van der Waals surface area contributed by atoms with E-state index in [1.165, 1.54) is 0 Å². The first-order chi connectivity index (χ1) is 8.72. The van der Waals surface area contributed by atoms with Crippen LogP contribution in [0.25, 0.3) is 0 Å². The molecule has 0 radical (unpaired) electrons. The molecule has 0 aromatic heterocycles. The van der Waals surface area contributed by atoms with Crippen molar-refractivity contribution in [3.63, 3.8) is 0 Å². The molecule has 5 nitrogen and oxygen atoms in total. The van der Waals surface area contributed by atoms with E-state index in [-0.39, 0.29) is 24.7 Å². The smallest absolute Gasteiger partial charge is 0.239 e. The van der Waals surface area contributed by atoms with Gasteiger partial charge < -0.3 is 20.1 Å². The van der Waals surface area contributed by atoms with E-state index in [2.05, 4.69) is 12.2 Å². The van der Waals surface area contributed by atoms with Gasteiger partial charge in [-0.2, -0.15) is 0 Å². The zero-order valence-corrected chi connectivity index (χ0v) is 11.1. The summed E-state index contributed by atoms with van der Waals surface area (Å²) in [5.41, 5.74) is 0. The molecule has 0 aliphatic carbocycles. The van der Waals surface area contributed by atoms with Gasteiger partial charge in [0.2, 0.25) is 5.91 Å². The van der Waals surface area contributed by atoms with Gasteiger partial charge in [0.1, 0.15) is 0 Å². The second-order valence-corrected chi connectivity index (χ2v) is 5.32. The van der Waals surface area contributed by atoms with Crippen molar-refractivity contribution in [2.45, 2.75) is 38.3 Å². The number of ether oxygens (including phenoxy) is 1. The lowest BCUT2D eigenvalue weighted by molar-refractivity contribution is -0.136. The Kier molecular flexibility index (Phi) is 4.97. The predicted octanol–water partition coefficient (Wildman–Crippen LogP) is -0.0157. The van der Waals surface area contributed by atoms with Crippen molar-refractivity contribution >= 4 is 5.91 Å². The fourth-order valence-corrected chi connectivity index (χ4v) is 2.82. The molecule has 2 N–H and O–H groups in total. The van der Waals surface area contributed by atoms with E-state index < -0.39 is 0 Å². The first-order valence-corrected chi connectivity index (χ1v) is 6.97. The number of amides is 1. The molecule has 0 bridgehead atoms. The third-order valence-electron chi connectivity index (χ3n) is 4.00. The molecule has 2 rings (SSSR count). The first kappa shape index (κ1) is 13.8. The molecule has 0 spiro atoms. The number of hydrogen-bond acceptors (Lipinski definition) is 4. The van der Waals surface area contributed by atoms with Crippen LogP contribution in [0, 0.1) is 5.92 Å². The highest BCUT2D eigenvalue weighted by Crippen LogP contribution is 2.20. The van der Waals surface area contributed by atoms with Crippen LogP contribution in [0.2, 0.25) is 0 Å². The van der Waals surface area contributed by atoms with Gasteiger partial charge in [0, 0.05) is 13.1 Å². The van der Waals surface area contributed by atoms with Gasteiger partial charge in [0.15, 0.2) is 0 Å². The van der Waals surface area contributed by atoms with Crippen molar-refractivity contribution in [3.8, 4) is 0 Å². The number of likely N-dealkylation sites (tertiary alicyclic amines) is 1. The summed E-state index contributed by atoms with van der Waals surface area (Å²) in [6.07, 6.45) is 3.06. The largest absolute Gasteiger partial charge is 0.394 e. The van der Waals surface area contributed by atoms with E-state index >= 15 is 0 Å². The summed E-state index contributed by atoms with van der Waals surface area (Å²) in [4.78, 5) is 14.3. The molecular weight excluding hydrogens is 232 g/mol. The van der Waals surface area contributed by atoms with Gasteiger partial charge in [-0.15, -0.1) is 0 Å². The molecule has 0 aromatic rings. The zero-order valence-electron chi connectivity index (χ0n) is 11.1. The standard InChI is InChI=1S/C13H24N2O3/c1-10-2-5-14-12(10)13(17)15-6-3-11(4-7-15)18-9-8-16/h10-12,14,16H,2-9H2,1H3. The molecule has 18 heavy (non-hydrogen) atoms. The van der Waals surface area contributed by atoms with Gasteiger partial charge >= 0.3 is 0 Å². The number of carbonyl (C=O) groups is 1. The first-order valence-electron chi connectivity index (χ1n) is 6.97. The molecular formula is C13H24N2O3. The maximum atomic E-state index is 12.3. The number of nitrogens with zero attached hydrogens (tertiary/aromatic N) is 1. The van der Waals surface area contributed by atoms with Crippen molar-refractivity contribution in [2.75, 3.05) is 32.8 Å². The minimum absolute atomic E-state index is 0.0138. The van der Waals surface area contributed by atoms with Crippen LogP contribution < -0.4 is 5.32 Å². The topological polar surface area (TPSA) is 61.8 Å². The molecule has 1 amide bonds. The van der Waals surface area contributed by atoms with Crippen LogP contribution >= 0.6 is 0 Å². The molecule has 2 atom stereocenters. The summed E-state index contributed by atoms with van der Waals surface area (Å²) in [5.74, 6) is 0.696.